The molecule has 0 bridgehead atoms. The number of methoxy groups -OCH3 is 1. The third-order valence-electron chi connectivity index (χ3n) is 3.33. The number of benzene rings is 2. The van der Waals surface area contributed by atoms with Gasteiger partial charge in [0.15, 0.2) is 11.5 Å². The average molecular weight is 306 g/mol. The van der Waals surface area contributed by atoms with E-state index in [9.17, 15) is 0 Å². The summed E-state index contributed by atoms with van der Waals surface area (Å²) in [6, 6.07) is 13.7. The second-order valence-electron chi connectivity index (χ2n) is 4.75. The highest BCUT2D eigenvalue weighted by Crippen LogP contribution is 2.40. The first-order chi connectivity index (χ1) is 10.3. The standard InChI is InChI=1S/C16H16ClNO3/c1-19-9-14(11-5-3-2-4-6-11)18-13-8-16-15(7-12(13)17)20-10-21-16/h2-8,14,18H,9-10H2,1H3. The van der Waals surface area contributed by atoms with Crippen LogP contribution in [-0.4, -0.2) is 20.5 Å². The van der Waals surface area contributed by atoms with Crippen LogP contribution in [0.2, 0.25) is 5.02 Å². The molecule has 0 aliphatic carbocycles. The zero-order valence-electron chi connectivity index (χ0n) is 11.6. The molecule has 1 aliphatic rings. The number of hydrogen-bond acceptors (Lipinski definition) is 4. The zero-order valence-corrected chi connectivity index (χ0v) is 12.4. The molecule has 0 fully saturated rings. The van der Waals surface area contributed by atoms with Gasteiger partial charge in [-0.3, -0.25) is 0 Å². The molecule has 0 amide bonds. The van der Waals surface area contributed by atoms with Crippen molar-refractivity contribution in [2.24, 2.45) is 0 Å². The van der Waals surface area contributed by atoms with Crippen molar-refractivity contribution in [3.63, 3.8) is 0 Å². The van der Waals surface area contributed by atoms with Crippen molar-refractivity contribution in [1.29, 1.82) is 0 Å². The summed E-state index contributed by atoms with van der Waals surface area (Å²) in [4.78, 5) is 0. The van der Waals surface area contributed by atoms with Crippen molar-refractivity contribution >= 4 is 17.3 Å². The molecule has 2 aromatic rings. The Hall–Kier alpha value is -1.91. The van der Waals surface area contributed by atoms with Crippen LogP contribution in [0.25, 0.3) is 0 Å². The van der Waals surface area contributed by atoms with E-state index in [2.05, 4.69) is 17.4 Å². The van der Waals surface area contributed by atoms with Crippen LogP contribution in [0.3, 0.4) is 0 Å². The Bertz CT molecular complexity index is 618. The second kappa shape index (κ2) is 6.24. The van der Waals surface area contributed by atoms with E-state index in [1.165, 1.54) is 0 Å². The molecular weight excluding hydrogens is 290 g/mol. The molecule has 0 radical (unpaired) electrons. The Morgan fingerprint density at radius 2 is 1.90 bits per heavy atom. The number of nitrogens with one attached hydrogen (secondary N) is 1. The molecule has 2 aromatic carbocycles. The molecule has 5 heteroatoms. The van der Waals surface area contributed by atoms with Crippen molar-refractivity contribution in [2.45, 2.75) is 6.04 Å². The molecule has 0 spiro atoms. The van der Waals surface area contributed by atoms with Crippen LogP contribution in [0.4, 0.5) is 5.69 Å². The SMILES string of the molecule is COCC(Nc1cc2c(cc1Cl)OCO2)c1ccccc1. The van der Waals surface area contributed by atoms with Gasteiger partial charge in [-0.1, -0.05) is 41.9 Å². The van der Waals surface area contributed by atoms with Gasteiger partial charge >= 0.3 is 0 Å². The molecule has 3 rings (SSSR count). The smallest absolute Gasteiger partial charge is 0.231 e. The normalized spacial score (nSPS) is 14.0. The summed E-state index contributed by atoms with van der Waals surface area (Å²) >= 11 is 6.30. The van der Waals surface area contributed by atoms with Gasteiger partial charge in [0.05, 0.1) is 23.4 Å². The van der Waals surface area contributed by atoms with E-state index in [1.807, 2.05) is 24.3 Å². The van der Waals surface area contributed by atoms with Gasteiger partial charge in [-0.15, -0.1) is 0 Å². The van der Waals surface area contributed by atoms with Gasteiger partial charge in [0.25, 0.3) is 0 Å². The summed E-state index contributed by atoms with van der Waals surface area (Å²) < 4.78 is 16.0. The third kappa shape index (κ3) is 3.06. The van der Waals surface area contributed by atoms with Gasteiger partial charge in [0.2, 0.25) is 6.79 Å². The second-order valence-corrected chi connectivity index (χ2v) is 5.16. The van der Waals surface area contributed by atoms with Crippen molar-refractivity contribution < 1.29 is 14.2 Å². The first-order valence-electron chi connectivity index (χ1n) is 6.67. The molecule has 110 valence electrons. The molecule has 1 aliphatic heterocycles. The van der Waals surface area contributed by atoms with Crippen LogP contribution >= 0.6 is 11.6 Å². The fraction of sp³-hybridized carbons (Fsp3) is 0.250. The summed E-state index contributed by atoms with van der Waals surface area (Å²) in [5, 5.41) is 4.00. The fourth-order valence-electron chi connectivity index (χ4n) is 2.29. The number of anilines is 1. The van der Waals surface area contributed by atoms with Crippen LogP contribution < -0.4 is 14.8 Å². The highest BCUT2D eigenvalue weighted by atomic mass is 35.5. The summed E-state index contributed by atoms with van der Waals surface area (Å²) in [6.07, 6.45) is 0. The Kier molecular flexibility index (Phi) is 4.18. The van der Waals surface area contributed by atoms with Crippen LogP contribution in [0, 0.1) is 0 Å². The van der Waals surface area contributed by atoms with Crippen LogP contribution in [-0.2, 0) is 4.74 Å². The van der Waals surface area contributed by atoms with Gasteiger partial charge in [0, 0.05) is 19.2 Å². The highest BCUT2D eigenvalue weighted by molar-refractivity contribution is 6.33. The largest absolute Gasteiger partial charge is 0.454 e. The molecule has 0 aromatic heterocycles. The molecule has 0 saturated heterocycles. The van der Waals surface area contributed by atoms with Crippen molar-refractivity contribution in [3.05, 3.63) is 53.1 Å². The quantitative estimate of drug-likeness (QED) is 0.910. The Balaban J connectivity index is 1.86. The molecule has 4 nitrogen and oxygen atoms in total. The van der Waals surface area contributed by atoms with Crippen molar-refractivity contribution in [1.82, 2.24) is 0 Å². The van der Waals surface area contributed by atoms with Crippen LogP contribution in [0.5, 0.6) is 11.5 Å². The van der Waals surface area contributed by atoms with Gasteiger partial charge in [-0.2, -0.15) is 0 Å². The number of ether oxygens (including phenoxy) is 3. The number of hydrogen-bond donors (Lipinski definition) is 1. The van der Waals surface area contributed by atoms with E-state index in [0.29, 0.717) is 23.1 Å². The predicted molar refractivity (Wildman–Crippen MR) is 82.3 cm³/mol. The van der Waals surface area contributed by atoms with E-state index in [0.717, 1.165) is 11.3 Å². The van der Waals surface area contributed by atoms with E-state index < -0.39 is 0 Å². The number of halogens is 1. The fourth-order valence-corrected chi connectivity index (χ4v) is 2.50. The minimum atomic E-state index is 0.00840. The van der Waals surface area contributed by atoms with Gasteiger partial charge in [-0.25, -0.2) is 0 Å². The van der Waals surface area contributed by atoms with Crippen molar-refractivity contribution in [3.8, 4) is 11.5 Å². The summed E-state index contributed by atoms with van der Waals surface area (Å²) in [5.74, 6) is 1.37. The highest BCUT2D eigenvalue weighted by Gasteiger charge is 2.19. The molecule has 1 N–H and O–H groups in total. The van der Waals surface area contributed by atoms with Gasteiger partial charge in [-0.05, 0) is 5.56 Å². The van der Waals surface area contributed by atoms with Gasteiger partial charge in [0.1, 0.15) is 0 Å². The molecular formula is C16H16ClNO3. The maximum Gasteiger partial charge on any atom is 0.231 e. The van der Waals surface area contributed by atoms with Crippen molar-refractivity contribution in [2.75, 3.05) is 25.8 Å². The summed E-state index contributed by atoms with van der Waals surface area (Å²) in [5.41, 5.74) is 1.93. The Labute approximate surface area is 128 Å². The van der Waals surface area contributed by atoms with Gasteiger partial charge < -0.3 is 19.5 Å². The maximum atomic E-state index is 6.30. The first-order valence-corrected chi connectivity index (χ1v) is 7.05. The number of rotatable bonds is 5. The van der Waals surface area contributed by atoms with Crippen LogP contribution in [0.1, 0.15) is 11.6 Å². The number of fused-ring (bicyclic) bond motifs is 1. The van der Waals surface area contributed by atoms with E-state index in [-0.39, 0.29) is 12.8 Å². The zero-order chi connectivity index (χ0) is 14.7. The lowest BCUT2D eigenvalue weighted by molar-refractivity contribution is 0.174. The first kappa shape index (κ1) is 14.0. The molecule has 0 saturated carbocycles. The minimum Gasteiger partial charge on any atom is -0.454 e. The molecule has 1 unspecified atom stereocenters. The molecule has 21 heavy (non-hydrogen) atoms. The molecule has 1 atom stereocenters. The van der Waals surface area contributed by atoms with E-state index in [4.69, 9.17) is 25.8 Å². The van der Waals surface area contributed by atoms with E-state index >= 15 is 0 Å². The lowest BCUT2D eigenvalue weighted by atomic mass is 10.1. The maximum absolute atomic E-state index is 6.30. The third-order valence-corrected chi connectivity index (χ3v) is 3.64. The summed E-state index contributed by atoms with van der Waals surface area (Å²) in [6.45, 7) is 0.768. The minimum absolute atomic E-state index is 0.00840. The monoisotopic (exact) mass is 305 g/mol. The average Bonchev–Trinajstić information content (AvgIpc) is 2.95. The summed E-state index contributed by atoms with van der Waals surface area (Å²) in [7, 11) is 1.68. The Morgan fingerprint density at radius 3 is 2.62 bits per heavy atom. The predicted octanol–water partition coefficient (Wildman–Crippen LogP) is 3.87. The topological polar surface area (TPSA) is 39.7 Å². The molecule has 1 heterocycles. The van der Waals surface area contributed by atoms with Crippen LogP contribution in [0.15, 0.2) is 42.5 Å². The van der Waals surface area contributed by atoms with E-state index in [1.54, 1.807) is 13.2 Å². The lowest BCUT2D eigenvalue weighted by Gasteiger charge is -2.20. The Morgan fingerprint density at radius 1 is 1.19 bits per heavy atom. The lowest BCUT2D eigenvalue weighted by Crippen LogP contribution is -2.16.